The van der Waals surface area contributed by atoms with Gasteiger partial charge in [-0.15, -0.1) is 0 Å². The van der Waals surface area contributed by atoms with E-state index >= 15 is 0 Å². The Kier molecular flexibility index (Phi) is 4.12. The smallest absolute Gasteiger partial charge is 0.274 e. The summed E-state index contributed by atoms with van der Waals surface area (Å²) in [6.07, 6.45) is 2.40. The highest BCUT2D eigenvalue weighted by molar-refractivity contribution is 7.93. The van der Waals surface area contributed by atoms with Crippen LogP contribution in [0.15, 0.2) is 12.3 Å². The normalized spacial score (nSPS) is 28.2. The van der Waals surface area contributed by atoms with Crippen molar-refractivity contribution in [3.05, 3.63) is 18.0 Å². The monoisotopic (exact) mass is 368 g/mol. The molecule has 1 aromatic rings. The first-order valence-electron chi connectivity index (χ1n) is 8.73. The lowest BCUT2D eigenvalue weighted by Crippen LogP contribution is -2.69. The molecule has 0 saturated carbocycles. The van der Waals surface area contributed by atoms with Crippen LogP contribution >= 0.6 is 0 Å². The molecule has 3 aliphatic heterocycles. The summed E-state index contributed by atoms with van der Waals surface area (Å²) in [5.74, 6) is 0.134. The maximum absolute atomic E-state index is 12.7. The van der Waals surface area contributed by atoms with Gasteiger partial charge in [-0.25, -0.2) is 8.42 Å². The number of amides is 1. The number of aryl methyl sites for hydroxylation is 1. The molecule has 4 rings (SSSR count). The fourth-order valence-electron chi connectivity index (χ4n) is 4.26. The molecule has 3 fully saturated rings. The van der Waals surface area contributed by atoms with Gasteiger partial charge in [-0.2, -0.15) is 5.10 Å². The Morgan fingerprint density at radius 1 is 1.36 bits per heavy atom. The molecule has 1 unspecified atom stereocenters. The Labute approximate surface area is 147 Å². The van der Waals surface area contributed by atoms with Gasteiger partial charge in [0.05, 0.1) is 19.0 Å². The van der Waals surface area contributed by atoms with Crippen LogP contribution in [0.1, 0.15) is 16.9 Å². The fourth-order valence-corrected chi connectivity index (χ4v) is 6.67. The summed E-state index contributed by atoms with van der Waals surface area (Å²) in [6.45, 7) is 4.47. The van der Waals surface area contributed by atoms with Gasteiger partial charge in [0.15, 0.2) is 9.84 Å². The van der Waals surface area contributed by atoms with E-state index < -0.39 is 14.6 Å². The fraction of sp³-hybridized carbons (Fsp3) is 0.750. The third kappa shape index (κ3) is 2.78. The van der Waals surface area contributed by atoms with Crippen molar-refractivity contribution in [2.75, 3.05) is 51.7 Å². The minimum absolute atomic E-state index is 0.0865. The Morgan fingerprint density at radius 3 is 2.72 bits per heavy atom. The SMILES string of the molecule is Cn1ccc(C(=O)N2CC3(C2)C(CN2CCOCC2)CCS3(=O)=O)n1. The van der Waals surface area contributed by atoms with E-state index in [9.17, 15) is 13.2 Å². The van der Waals surface area contributed by atoms with E-state index in [4.69, 9.17) is 4.74 Å². The van der Waals surface area contributed by atoms with Gasteiger partial charge in [0, 0.05) is 46.0 Å². The molecule has 0 radical (unpaired) electrons. The van der Waals surface area contributed by atoms with Gasteiger partial charge in [-0.1, -0.05) is 0 Å². The van der Waals surface area contributed by atoms with Crippen molar-refractivity contribution in [1.29, 1.82) is 0 Å². The molecule has 3 aliphatic rings. The lowest BCUT2D eigenvalue weighted by atomic mass is 9.82. The van der Waals surface area contributed by atoms with E-state index in [1.54, 1.807) is 28.9 Å². The summed E-state index contributed by atoms with van der Waals surface area (Å²) >= 11 is 0. The average molecular weight is 368 g/mol. The van der Waals surface area contributed by atoms with E-state index in [0.29, 0.717) is 38.4 Å². The Morgan fingerprint density at radius 2 is 2.08 bits per heavy atom. The van der Waals surface area contributed by atoms with Gasteiger partial charge in [0.25, 0.3) is 5.91 Å². The Hall–Kier alpha value is -1.45. The van der Waals surface area contributed by atoms with Gasteiger partial charge in [0.2, 0.25) is 0 Å². The Bertz CT molecular complexity index is 763. The highest BCUT2D eigenvalue weighted by Crippen LogP contribution is 2.45. The quantitative estimate of drug-likeness (QED) is 0.707. The zero-order valence-electron chi connectivity index (χ0n) is 14.4. The molecule has 9 heteroatoms. The van der Waals surface area contributed by atoms with Gasteiger partial charge >= 0.3 is 0 Å². The van der Waals surface area contributed by atoms with E-state index in [-0.39, 0.29) is 17.6 Å². The molecule has 1 amide bonds. The number of likely N-dealkylation sites (tertiary alicyclic amines) is 1. The first kappa shape index (κ1) is 17.0. The number of carbonyl (C=O) groups is 1. The second kappa shape index (κ2) is 6.07. The summed E-state index contributed by atoms with van der Waals surface area (Å²) in [5, 5.41) is 4.13. The molecule has 1 aromatic heterocycles. The van der Waals surface area contributed by atoms with Gasteiger partial charge in [0.1, 0.15) is 10.4 Å². The summed E-state index contributed by atoms with van der Waals surface area (Å²) in [5.41, 5.74) is 0.373. The van der Waals surface area contributed by atoms with Crippen LogP contribution in [0.25, 0.3) is 0 Å². The van der Waals surface area contributed by atoms with Crippen molar-refractivity contribution in [3.63, 3.8) is 0 Å². The predicted octanol–water partition coefficient (Wildman–Crippen LogP) is -0.618. The largest absolute Gasteiger partial charge is 0.379 e. The number of hydrogen-bond donors (Lipinski definition) is 0. The van der Waals surface area contributed by atoms with Crippen molar-refractivity contribution in [2.24, 2.45) is 13.0 Å². The van der Waals surface area contributed by atoms with Crippen molar-refractivity contribution < 1.29 is 17.9 Å². The average Bonchev–Trinajstić information content (AvgIpc) is 3.08. The number of carbonyl (C=O) groups excluding carboxylic acids is 1. The standard InChI is InChI=1S/C16H24N4O4S/c1-18-4-2-14(17-18)15(21)20-11-16(12-20)13(3-9-25(16,22)23)10-19-5-7-24-8-6-19/h2,4,13H,3,5-12H2,1H3. The van der Waals surface area contributed by atoms with Crippen LogP contribution in [-0.2, 0) is 21.6 Å². The molecule has 0 aliphatic carbocycles. The number of nitrogens with zero attached hydrogens (tertiary/aromatic N) is 4. The van der Waals surface area contributed by atoms with Crippen molar-refractivity contribution in [3.8, 4) is 0 Å². The molecule has 138 valence electrons. The second-order valence-corrected chi connectivity index (χ2v) is 9.77. The van der Waals surface area contributed by atoms with Crippen LogP contribution in [0.4, 0.5) is 0 Å². The minimum Gasteiger partial charge on any atom is -0.379 e. The summed E-state index contributed by atoms with van der Waals surface area (Å²) in [6, 6.07) is 1.67. The number of ether oxygens (including phenoxy) is 1. The van der Waals surface area contributed by atoms with E-state index in [2.05, 4.69) is 10.00 Å². The highest BCUT2D eigenvalue weighted by Gasteiger charge is 2.62. The lowest BCUT2D eigenvalue weighted by molar-refractivity contribution is 0.0139. The van der Waals surface area contributed by atoms with Crippen molar-refractivity contribution in [1.82, 2.24) is 19.6 Å². The molecular weight excluding hydrogens is 344 g/mol. The zero-order valence-corrected chi connectivity index (χ0v) is 15.2. The predicted molar refractivity (Wildman–Crippen MR) is 91.0 cm³/mol. The second-order valence-electron chi connectivity index (χ2n) is 7.32. The third-order valence-electron chi connectivity index (χ3n) is 5.82. The molecule has 1 spiro atoms. The summed E-state index contributed by atoms with van der Waals surface area (Å²) < 4.78 is 31.6. The van der Waals surface area contributed by atoms with E-state index in [1.807, 2.05) is 0 Å². The van der Waals surface area contributed by atoms with E-state index in [1.165, 1.54) is 0 Å². The van der Waals surface area contributed by atoms with E-state index in [0.717, 1.165) is 19.6 Å². The third-order valence-corrected chi connectivity index (χ3v) is 8.42. The van der Waals surface area contributed by atoms with Crippen LogP contribution < -0.4 is 0 Å². The number of morpholine rings is 1. The van der Waals surface area contributed by atoms with Crippen LogP contribution in [0.2, 0.25) is 0 Å². The topological polar surface area (TPSA) is 84.7 Å². The van der Waals surface area contributed by atoms with Gasteiger partial charge < -0.3 is 9.64 Å². The molecule has 1 atom stereocenters. The molecule has 4 heterocycles. The molecule has 0 aromatic carbocycles. The highest BCUT2D eigenvalue weighted by atomic mass is 32.2. The van der Waals surface area contributed by atoms with Crippen LogP contribution in [0.3, 0.4) is 0 Å². The number of sulfone groups is 1. The van der Waals surface area contributed by atoms with Crippen molar-refractivity contribution >= 4 is 15.7 Å². The van der Waals surface area contributed by atoms with Gasteiger partial charge in [-0.05, 0) is 18.4 Å². The molecule has 3 saturated heterocycles. The molecule has 25 heavy (non-hydrogen) atoms. The maximum atomic E-state index is 12.7. The number of aromatic nitrogens is 2. The summed E-state index contributed by atoms with van der Waals surface area (Å²) in [4.78, 5) is 16.4. The van der Waals surface area contributed by atoms with Crippen LogP contribution in [0, 0.1) is 5.92 Å². The summed E-state index contributed by atoms with van der Waals surface area (Å²) in [7, 11) is -1.41. The number of hydrogen-bond acceptors (Lipinski definition) is 6. The first-order chi connectivity index (χ1) is 11.9. The molecule has 0 N–H and O–H groups in total. The number of rotatable bonds is 3. The van der Waals surface area contributed by atoms with Crippen LogP contribution in [0.5, 0.6) is 0 Å². The molecule has 8 nitrogen and oxygen atoms in total. The van der Waals surface area contributed by atoms with Crippen LogP contribution in [-0.4, -0.2) is 90.3 Å². The Balaban J connectivity index is 1.48. The first-order valence-corrected chi connectivity index (χ1v) is 10.4. The maximum Gasteiger partial charge on any atom is 0.274 e. The molecular formula is C16H24N4O4S. The zero-order chi connectivity index (χ0) is 17.7. The minimum atomic E-state index is -3.17. The molecule has 0 bridgehead atoms. The van der Waals surface area contributed by atoms with Gasteiger partial charge in [-0.3, -0.25) is 14.4 Å². The lowest BCUT2D eigenvalue weighted by Gasteiger charge is -2.50. The van der Waals surface area contributed by atoms with Crippen molar-refractivity contribution in [2.45, 2.75) is 11.2 Å².